The minimum absolute atomic E-state index is 1.12. The number of hydrogen-bond acceptors (Lipinski definition) is 2. The molecule has 0 spiro atoms. The number of unbranched alkanes of at least 4 members (excludes halogenated alkanes) is 10. The number of thiophene rings is 2. The van der Waals surface area contributed by atoms with Gasteiger partial charge in [-0.2, -0.15) is 0 Å². The van der Waals surface area contributed by atoms with E-state index in [9.17, 15) is 0 Å². The van der Waals surface area contributed by atoms with Gasteiger partial charge in [-0.25, -0.2) is 0 Å². The molecule has 0 aliphatic heterocycles. The van der Waals surface area contributed by atoms with Gasteiger partial charge in [0.1, 0.15) is 0 Å². The standard InChI is InChI=1S/C62H64S2/c1-5-7-9-11-13-15-25-47-41-59(48(33-43(47)3)26-16-14-12-10-8-6-2)53-37-50(38-54(40-53)60-42-62-61(64-60)34-44(4)63-62)49-35-51(57-31-21-27-45-23-17-19-29-55(45)57)39-52(36-49)58-32-22-28-46-24-18-20-30-56(46)58/h17-24,27-42H,5-16,25-26H2,1-4H3. The summed E-state index contributed by atoms with van der Waals surface area (Å²) >= 11 is 3.86. The lowest BCUT2D eigenvalue weighted by atomic mass is 9.86. The monoisotopic (exact) mass is 872 g/mol. The first-order valence-electron chi connectivity index (χ1n) is 24.4. The minimum Gasteiger partial charge on any atom is -0.140 e. The fraction of sp³-hybridized carbons (Fsp3) is 0.290. The van der Waals surface area contributed by atoms with Crippen LogP contribution < -0.4 is 0 Å². The fourth-order valence-electron chi connectivity index (χ4n) is 10.00. The molecular weight excluding hydrogens is 809 g/mol. The van der Waals surface area contributed by atoms with Crippen LogP contribution in [0, 0.1) is 13.8 Å². The molecule has 324 valence electrons. The quantitative estimate of drug-likeness (QED) is 0.0710. The predicted octanol–water partition coefficient (Wildman–Crippen LogP) is 20.0. The lowest BCUT2D eigenvalue weighted by Crippen LogP contribution is -1.99. The zero-order chi connectivity index (χ0) is 43.8. The van der Waals surface area contributed by atoms with Crippen molar-refractivity contribution >= 4 is 53.6 Å². The zero-order valence-corrected chi connectivity index (χ0v) is 40.2. The van der Waals surface area contributed by atoms with Gasteiger partial charge in [0.05, 0.1) is 0 Å². The number of fused-ring (bicyclic) bond motifs is 3. The Morgan fingerprint density at radius 2 is 0.828 bits per heavy atom. The molecule has 2 aromatic heterocycles. The van der Waals surface area contributed by atoms with Crippen LogP contribution in [0.1, 0.15) is 112 Å². The highest BCUT2D eigenvalue weighted by molar-refractivity contribution is 7.29. The van der Waals surface area contributed by atoms with Gasteiger partial charge in [0, 0.05) is 19.2 Å². The molecule has 9 aromatic rings. The summed E-state index contributed by atoms with van der Waals surface area (Å²) in [5.41, 5.74) is 16.1. The van der Waals surface area contributed by atoms with Crippen LogP contribution in [0.3, 0.4) is 0 Å². The molecule has 0 atom stereocenters. The number of hydrogen-bond donors (Lipinski definition) is 0. The molecule has 0 fully saturated rings. The van der Waals surface area contributed by atoms with Crippen LogP contribution in [0.4, 0.5) is 0 Å². The maximum atomic E-state index is 2.61. The summed E-state index contributed by atoms with van der Waals surface area (Å²) in [6.45, 7) is 9.23. The van der Waals surface area contributed by atoms with Crippen molar-refractivity contribution in [1.82, 2.24) is 0 Å². The van der Waals surface area contributed by atoms with Crippen LogP contribution in [0.15, 0.2) is 146 Å². The van der Waals surface area contributed by atoms with Gasteiger partial charge in [0.2, 0.25) is 0 Å². The SMILES string of the molecule is CCCCCCCCc1cc(-c2cc(-c3cc(-c4cccc5ccccc45)cc(-c4cccc5ccccc45)c3)cc(-c3cc4sc(C)cc4s3)c2)c(CCCCCCCC)cc1C. The zero-order valence-electron chi connectivity index (χ0n) is 38.6. The third-order valence-electron chi connectivity index (χ3n) is 13.5. The summed E-state index contributed by atoms with van der Waals surface area (Å²) in [5.74, 6) is 0. The molecule has 0 radical (unpaired) electrons. The van der Waals surface area contributed by atoms with E-state index >= 15 is 0 Å². The molecule has 9 rings (SSSR count). The lowest BCUT2D eigenvalue weighted by molar-refractivity contribution is 0.605. The Bertz CT molecular complexity index is 2870. The molecule has 2 heteroatoms. The first kappa shape index (κ1) is 43.9. The van der Waals surface area contributed by atoms with Gasteiger partial charge in [0.25, 0.3) is 0 Å². The van der Waals surface area contributed by atoms with Crippen molar-refractivity contribution in [3.8, 4) is 54.9 Å². The summed E-state index contributed by atoms with van der Waals surface area (Å²) in [5, 5.41) is 5.10. The third kappa shape index (κ3) is 10.00. The second-order valence-corrected chi connectivity index (χ2v) is 20.7. The van der Waals surface area contributed by atoms with E-state index in [4.69, 9.17) is 0 Å². The summed E-state index contributed by atoms with van der Waals surface area (Å²) in [6, 6.07) is 56.1. The summed E-state index contributed by atoms with van der Waals surface area (Å²) in [4.78, 5) is 2.73. The van der Waals surface area contributed by atoms with Gasteiger partial charge in [0.15, 0.2) is 0 Å². The molecule has 0 nitrogen and oxygen atoms in total. The molecule has 0 saturated heterocycles. The number of aryl methyl sites for hydroxylation is 4. The summed E-state index contributed by atoms with van der Waals surface area (Å²) in [6.07, 6.45) is 18.0. The normalized spacial score (nSPS) is 11.7. The van der Waals surface area contributed by atoms with Crippen LogP contribution in [-0.2, 0) is 12.8 Å². The first-order chi connectivity index (χ1) is 31.4. The van der Waals surface area contributed by atoms with Gasteiger partial charge in [-0.15, -0.1) is 22.7 Å². The van der Waals surface area contributed by atoms with Crippen LogP contribution >= 0.6 is 22.7 Å². The fourth-order valence-corrected chi connectivity index (χ4v) is 12.3. The Kier molecular flexibility index (Phi) is 14.2. The van der Waals surface area contributed by atoms with Crippen molar-refractivity contribution in [2.75, 3.05) is 0 Å². The van der Waals surface area contributed by atoms with E-state index in [1.54, 1.807) is 0 Å². The second kappa shape index (κ2) is 20.7. The van der Waals surface area contributed by atoms with E-state index in [0.717, 1.165) is 12.8 Å². The first-order valence-corrected chi connectivity index (χ1v) is 26.0. The Balaban J connectivity index is 1.23. The van der Waals surface area contributed by atoms with Crippen LogP contribution in [0.2, 0.25) is 0 Å². The average Bonchev–Trinajstić information content (AvgIpc) is 3.89. The Labute approximate surface area is 391 Å². The van der Waals surface area contributed by atoms with Crippen molar-refractivity contribution in [3.05, 3.63) is 167 Å². The second-order valence-electron chi connectivity index (χ2n) is 18.3. The largest absolute Gasteiger partial charge is 0.140 e. The van der Waals surface area contributed by atoms with Gasteiger partial charge in [-0.3, -0.25) is 0 Å². The molecule has 7 aromatic carbocycles. The van der Waals surface area contributed by atoms with E-state index in [1.165, 1.54) is 185 Å². The highest BCUT2D eigenvalue weighted by atomic mass is 32.1. The van der Waals surface area contributed by atoms with Crippen LogP contribution in [0.25, 0.3) is 85.9 Å². The van der Waals surface area contributed by atoms with E-state index < -0.39 is 0 Å². The van der Waals surface area contributed by atoms with Gasteiger partial charge in [-0.05, 0) is 176 Å². The summed E-state index contributed by atoms with van der Waals surface area (Å²) < 4.78 is 2.78. The van der Waals surface area contributed by atoms with Crippen molar-refractivity contribution in [1.29, 1.82) is 0 Å². The summed E-state index contributed by atoms with van der Waals surface area (Å²) in [7, 11) is 0. The Hall–Kier alpha value is -5.28. The molecule has 0 unspecified atom stereocenters. The maximum absolute atomic E-state index is 2.61. The molecule has 0 amide bonds. The molecule has 0 N–H and O–H groups in total. The van der Waals surface area contributed by atoms with Crippen molar-refractivity contribution in [3.63, 3.8) is 0 Å². The smallest absolute Gasteiger partial charge is 0.0459 e. The molecular formula is C62H64S2. The van der Waals surface area contributed by atoms with E-state index in [2.05, 4.69) is 173 Å². The third-order valence-corrected chi connectivity index (χ3v) is 15.7. The predicted molar refractivity (Wildman–Crippen MR) is 286 cm³/mol. The molecule has 64 heavy (non-hydrogen) atoms. The maximum Gasteiger partial charge on any atom is 0.0459 e. The van der Waals surface area contributed by atoms with E-state index in [-0.39, 0.29) is 0 Å². The van der Waals surface area contributed by atoms with Gasteiger partial charge in [-0.1, -0.05) is 175 Å². The van der Waals surface area contributed by atoms with E-state index in [1.807, 2.05) is 22.7 Å². The van der Waals surface area contributed by atoms with Crippen LogP contribution in [-0.4, -0.2) is 0 Å². The number of rotatable bonds is 19. The highest BCUT2D eigenvalue weighted by Crippen LogP contribution is 2.44. The molecule has 0 aliphatic carbocycles. The molecule has 0 aliphatic rings. The molecule has 2 heterocycles. The highest BCUT2D eigenvalue weighted by Gasteiger charge is 2.18. The van der Waals surface area contributed by atoms with Gasteiger partial charge < -0.3 is 0 Å². The van der Waals surface area contributed by atoms with Crippen molar-refractivity contribution < 1.29 is 0 Å². The topological polar surface area (TPSA) is 0 Å². The Morgan fingerprint density at radius 3 is 1.42 bits per heavy atom. The van der Waals surface area contributed by atoms with Gasteiger partial charge >= 0.3 is 0 Å². The van der Waals surface area contributed by atoms with Crippen LogP contribution in [0.5, 0.6) is 0 Å². The number of benzene rings is 7. The molecule has 0 saturated carbocycles. The molecule has 0 bridgehead atoms. The minimum atomic E-state index is 1.12. The van der Waals surface area contributed by atoms with Crippen molar-refractivity contribution in [2.24, 2.45) is 0 Å². The lowest BCUT2D eigenvalue weighted by Gasteiger charge is -2.19. The van der Waals surface area contributed by atoms with E-state index in [0.29, 0.717) is 0 Å². The average molecular weight is 873 g/mol. The Morgan fingerprint density at radius 1 is 0.359 bits per heavy atom. The van der Waals surface area contributed by atoms with Crippen molar-refractivity contribution in [2.45, 2.75) is 118 Å².